The number of hydrogen-bond donors (Lipinski definition) is 0. The van der Waals surface area contributed by atoms with E-state index in [1.807, 2.05) is 42.2 Å². The number of fused-ring (bicyclic) bond motifs is 1. The summed E-state index contributed by atoms with van der Waals surface area (Å²) >= 11 is 0. The van der Waals surface area contributed by atoms with E-state index in [4.69, 9.17) is 9.97 Å². The number of carbonyl (C=O) groups is 2. The summed E-state index contributed by atoms with van der Waals surface area (Å²) in [5.74, 6) is 1.52. The van der Waals surface area contributed by atoms with Crippen LogP contribution in [0.4, 0.5) is 5.82 Å². The van der Waals surface area contributed by atoms with Crippen LogP contribution in [-0.2, 0) is 24.8 Å². The van der Waals surface area contributed by atoms with Gasteiger partial charge in [0.05, 0.1) is 24.7 Å². The third-order valence-corrected chi connectivity index (χ3v) is 6.30. The summed E-state index contributed by atoms with van der Waals surface area (Å²) in [7, 11) is 1.80. The Hall–Kier alpha value is -3.55. The van der Waals surface area contributed by atoms with Gasteiger partial charge in [0.25, 0.3) is 5.91 Å². The molecule has 0 saturated carbocycles. The van der Waals surface area contributed by atoms with Crippen LogP contribution in [0, 0.1) is 6.92 Å². The van der Waals surface area contributed by atoms with E-state index in [0.717, 1.165) is 41.3 Å². The molecule has 4 heterocycles. The molecular formula is C24H26N6O2. The average molecular weight is 431 g/mol. The number of amides is 2. The summed E-state index contributed by atoms with van der Waals surface area (Å²) in [6.45, 7) is 3.73. The Kier molecular flexibility index (Phi) is 5.20. The maximum atomic E-state index is 12.9. The maximum Gasteiger partial charge on any atom is 0.257 e. The quantitative estimate of drug-likeness (QED) is 0.635. The standard InChI is InChI=1S/C24H26N6O2/c1-16-20-11-21(31)30(13-17-7-4-3-5-8-17)23(20)27-22(26-16)18-9-6-10-29(15-18)24(32)19-12-25-28(2)14-19/h3-5,7-8,12,14,18H,6,9-11,13,15H2,1-2H3/t18-/m0/s1. The van der Waals surface area contributed by atoms with E-state index < -0.39 is 0 Å². The predicted molar refractivity (Wildman–Crippen MR) is 119 cm³/mol. The van der Waals surface area contributed by atoms with Gasteiger partial charge in [0.15, 0.2) is 0 Å². The van der Waals surface area contributed by atoms with Crippen molar-refractivity contribution in [2.24, 2.45) is 7.05 Å². The topological polar surface area (TPSA) is 84.2 Å². The van der Waals surface area contributed by atoms with Gasteiger partial charge >= 0.3 is 0 Å². The molecule has 2 aromatic heterocycles. The second-order valence-corrected chi connectivity index (χ2v) is 8.60. The fourth-order valence-corrected chi connectivity index (χ4v) is 4.60. The van der Waals surface area contributed by atoms with Crippen molar-refractivity contribution in [3.63, 3.8) is 0 Å². The summed E-state index contributed by atoms with van der Waals surface area (Å²) in [5.41, 5.74) is 3.43. The van der Waals surface area contributed by atoms with Crippen molar-refractivity contribution in [2.45, 2.75) is 38.6 Å². The fourth-order valence-electron chi connectivity index (χ4n) is 4.60. The van der Waals surface area contributed by atoms with E-state index in [1.165, 1.54) is 0 Å². The van der Waals surface area contributed by atoms with Gasteiger partial charge in [0, 0.05) is 43.5 Å². The molecular weight excluding hydrogens is 404 g/mol. The molecule has 1 aromatic carbocycles. The van der Waals surface area contributed by atoms with Crippen molar-refractivity contribution in [3.05, 3.63) is 70.9 Å². The summed E-state index contributed by atoms with van der Waals surface area (Å²) in [5, 5.41) is 4.12. The van der Waals surface area contributed by atoms with Crippen LogP contribution in [0.3, 0.4) is 0 Å². The lowest BCUT2D eigenvalue weighted by Gasteiger charge is -2.32. The number of anilines is 1. The van der Waals surface area contributed by atoms with E-state index in [9.17, 15) is 9.59 Å². The van der Waals surface area contributed by atoms with E-state index in [1.54, 1.807) is 29.0 Å². The van der Waals surface area contributed by atoms with Crippen molar-refractivity contribution in [1.29, 1.82) is 0 Å². The van der Waals surface area contributed by atoms with Crippen molar-refractivity contribution < 1.29 is 9.59 Å². The van der Waals surface area contributed by atoms with E-state index >= 15 is 0 Å². The minimum atomic E-state index is -0.0124. The zero-order chi connectivity index (χ0) is 22.2. The molecule has 0 N–H and O–H groups in total. The Balaban J connectivity index is 1.40. The zero-order valence-corrected chi connectivity index (χ0v) is 18.4. The van der Waals surface area contributed by atoms with Crippen LogP contribution in [0.25, 0.3) is 0 Å². The van der Waals surface area contributed by atoms with Gasteiger partial charge in [-0.25, -0.2) is 9.97 Å². The zero-order valence-electron chi connectivity index (χ0n) is 18.4. The molecule has 1 saturated heterocycles. The second kappa shape index (κ2) is 8.18. The highest BCUT2D eigenvalue weighted by Gasteiger charge is 2.34. The van der Waals surface area contributed by atoms with Crippen LogP contribution in [0.1, 0.15) is 51.8 Å². The highest BCUT2D eigenvalue weighted by Crippen LogP contribution is 2.33. The van der Waals surface area contributed by atoms with Crippen molar-refractivity contribution in [3.8, 4) is 0 Å². The van der Waals surface area contributed by atoms with Crippen LogP contribution in [-0.4, -0.2) is 49.6 Å². The first-order valence-electron chi connectivity index (χ1n) is 11.0. The van der Waals surface area contributed by atoms with E-state index in [2.05, 4.69) is 5.10 Å². The molecule has 5 rings (SSSR count). The van der Waals surface area contributed by atoms with Gasteiger partial charge < -0.3 is 4.90 Å². The largest absolute Gasteiger partial charge is 0.338 e. The Morgan fingerprint density at radius 2 is 2.00 bits per heavy atom. The highest BCUT2D eigenvalue weighted by molar-refractivity contribution is 6.00. The summed E-state index contributed by atoms with van der Waals surface area (Å²) in [6, 6.07) is 9.95. The predicted octanol–water partition coefficient (Wildman–Crippen LogP) is 2.63. The number of carbonyl (C=O) groups excluding carboxylic acids is 2. The van der Waals surface area contributed by atoms with Gasteiger partial charge in [0.1, 0.15) is 11.6 Å². The molecule has 1 atom stereocenters. The third-order valence-electron chi connectivity index (χ3n) is 6.30. The van der Waals surface area contributed by atoms with Gasteiger partial charge in [-0.05, 0) is 25.3 Å². The van der Waals surface area contributed by atoms with Crippen LogP contribution < -0.4 is 4.90 Å². The molecule has 0 bridgehead atoms. The molecule has 0 unspecified atom stereocenters. The summed E-state index contributed by atoms with van der Waals surface area (Å²) < 4.78 is 1.64. The number of benzene rings is 1. The van der Waals surface area contributed by atoms with E-state index in [-0.39, 0.29) is 17.7 Å². The monoisotopic (exact) mass is 430 g/mol. The number of piperidine rings is 1. The normalized spacial score (nSPS) is 18.2. The molecule has 0 aliphatic carbocycles. The van der Waals surface area contributed by atoms with Crippen molar-refractivity contribution in [2.75, 3.05) is 18.0 Å². The highest BCUT2D eigenvalue weighted by atomic mass is 16.2. The molecule has 32 heavy (non-hydrogen) atoms. The molecule has 2 amide bonds. The minimum Gasteiger partial charge on any atom is -0.338 e. The molecule has 8 nitrogen and oxygen atoms in total. The Morgan fingerprint density at radius 1 is 1.19 bits per heavy atom. The number of aromatic nitrogens is 4. The van der Waals surface area contributed by atoms with Crippen LogP contribution >= 0.6 is 0 Å². The fraction of sp³-hybridized carbons (Fsp3) is 0.375. The molecule has 0 spiro atoms. The number of likely N-dealkylation sites (tertiary alicyclic amines) is 1. The van der Waals surface area contributed by atoms with Crippen molar-refractivity contribution in [1.82, 2.24) is 24.6 Å². The maximum absolute atomic E-state index is 12.9. The third kappa shape index (κ3) is 3.77. The summed E-state index contributed by atoms with van der Waals surface area (Å²) in [6.07, 6.45) is 5.50. The lowest BCUT2D eigenvalue weighted by atomic mass is 9.96. The first-order valence-corrected chi connectivity index (χ1v) is 11.0. The second-order valence-electron chi connectivity index (χ2n) is 8.60. The number of nitrogens with zero attached hydrogens (tertiary/aromatic N) is 6. The Bertz CT molecular complexity index is 1170. The summed E-state index contributed by atoms with van der Waals surface area (Å²) in [4.78, 5) is 39.0. The molecule has 8 heteroatoms. The molecule has 2 aliphatic rings. The minimum absolute atomic E-state index is 0.0124. The first-order chi connectivity index (χ1) is 15.5. The van der Waals surface area contributed by atoms with Crippen LogP contribution in [0.15, 0.2) is 42.7 Å². The number of hydrogen-bond acceptors (Lipinski definition) is 5. The van der Waals surface area contributed by atoms with Gasteiger partial charge in [-0.2, -0.15) is 5.10 Å². The van der Waals surface area contributed by atoms with Gasteiger partial charge in [-0.15, -0.1) is 0 Å². The first kappa shape index (κ1) is 20.4. The smallest absolute Gasteiger partial charge is 0.257 e. The van der Waals surface area contributed by atoms with E-state index in [0.29, 0.717) is 31.6 Å². The molecule has 164 valence electrons. The molecule has 0 radical (unpaired) electrons. The molecule has 3 aromatic rings. The number of aryl methyl sites for hydroxylation is 2. The Morgan fingerprint density at radius 3 is 2.75 bits per heavy atom. The Labute approximate surface area is 186 Å². The number of rotatable bonds is 4. The van der Waals surface area contributed by atoms with Crippen LogP contribution in [0.2, 0.25) is 0 Å². The SMILES string of the molecule is Cc1nc([C@H]2CCCN(C(=O)c3cnn(C)c3)C2)nc2c1CC(=O)N2Cc1ccccc1. The lowest BCUT2D eigenvalue weighted by molar-refractivity contribution is -0.117. The van der Waals surface area contributed by atoms with Crippen LogP contribution in [0.5, 0.6) is 0 Å². The molecule has 1 fully saturated rings. The average Bonchev–Trinajstić information content (AvgIpc) is 3.38. The lowest BCUT2D eigenvalue weighted by Crippen LogP contribution is -2.39. The molecule has 2 aliphatic heterocycles. The van der Waals surface area contributed by atoms with Gasteiger partial charge in [-0.1, -0.05) is 30.3 Å². The van der Waals surface area contributed by atoms with Crippen molar-refractivity contribution >= 4 is 17.6 Å². The van der Waals surface area contributed by atoms with Gasteiger partial charge in [-0.3, -0.25) is 19.2 Å². The van der Waals surface area contributed by atoms with Gasteiger partial charge in [0.2, 0.25) is 5.91 Å².